The first kappa shape index (κ1) is 14.9. The second kappa shape index (κ2) is 7.27. The molecule has 0 aliphatic heterocycles. The summed E-state index contributed by atoms with van der Waals surface area (Å²) >= 11 is 0. The van der Waals surface area contributed by atoms with E-state index in [2.05, 4.69) is 5.32 Å². The van der Waals surface area contributed by atoms with Crippen molar-refractivity contribution in [3.05, 3.63) is 103 Å². The van der Waals surface area contributed by atoms with Gasteiger partial charge in [-0.3, -0.25) is 4.79 Å². The average Bonchev–Trinajstić information content (AvgIpc) is 2.62. The molecule has 0 aliphatic carbocycles. The third-order valence-electron chi connectivity index (χ3n) is 3.24. The fourth-order valence-corrected chi connectivity index (χ4v) is 2.11. The lowest BCUT2D eigenvalue weighted by molar-refractivity contribution is 0.0965. The smallest absolute Gasteiger partial charge is 0.251 e. The van der Waals surface area contributed by atoms with Crippen molar-refractivity contribution in [3.63, 3.8) is 0 Å². The lowest BCUT2D eigenvalue weighted by atomic mass is 10.2. The third-order valence-corrected chi connectivity index (χ3v) is 3.24. The van der Waals surface area contributed by atoms with Crippen LogP contribution in [0.1, 0.15) is 15.9 Å². The van der Waals surface area contributed by atoms with Gasteiger partial charge in [0.05, 0.1) is 6.54 Å². The minimum absolute atomic E-state index is 0.174. The van der Waals surface area contributed by atoms with Gasteiger partial charge in [0.25, 0.3) is 5.91 Å². The molecule has 0 aliphatic rings. The molecule has 23 heavy (non-hydrogen) atoms. The lowest BCUT2D eigenvalue weighted by Gasteiger charge is -2.08. The predicted octanol–water partition coefficient (Wildman–Crippen LogP) is 4.42. The molecule has 0 atom stereocenters. The minimum atomic E-state index is -0.174. The van der Waals surface area contributed by atoms with Crippen LogP contribution in [0.15, 0.2) is 84.9 Å². The van der Waals surface area contributed by atoms with Crippen molar-refractivity contribution in [2.24, 2.45) is 0 Å². The minimum Gasteiger partial charge on any atom is -0.457 e. The molecule has 1 radical (unpaired) electrons. The quantitative estimate of drug-likeness (QED) is 0.757. The molecule has 1 amide bonds. The van der Waals surface area contributed by atoms with E-state index in [4.69, 9.17) is 4.74 Å². The summed E-state index contributed by atoms with van der Waals surface area (Å²) in [5, 5.41) is 2.79. The maximum atomic E-state index is 12.2. The van der Waals surface area contributed by atoms with Crippen molar-refractivity contribution in [1.82, 2.24) is 5.32 Å². The van der Waals surface area contributed by atoms with Crippen molar-refractivity contribution >= 4 is 5.91 Å². The van der Waals surface area contributed by atoms with E-state index in [1.807, 2.05) is 66.7 Å². The lowest BCUT2D eigenvalue weighted by Crippen LogP contribution is -2.20. The number of rotatable bonds is 5. The molecule has 3 heteroatoms. The zero-order chi connectivity index (χ0) is 15.9. The van der Waals surface area contributed by atoms with Crippen LogP contribution in [-0.2, 0) is 0 Å². The summed E-state index contributed by atoms with van der Waals surface area (Å²) in [6, 6.07) is 26.2. The van der Waals surface area contributed by atoms with Crippen LogP contribution in [0.25, 0.3) is 0 Å². The van der Waals surface area contributed by atoms with E-state index in [-0.39, 0.29) is 5.91 Å². The monoisotopic (exact) mass is 302 g/mol. The Morgan fingerprint density at radius 3 is 2.17 bits per heavy atom. The first-order valence-electron chi connectivity index (χ1n) is 7.33. The van der Waals surface area contributed by atoms with Crippen LogP contribution in [0.5, 0.6) is 11.5 Å². The number of ether oxygens (including phenoxy) is 1. The van der Waals surface area contributed by atoms with Crippen molar-refractivity contribution in [3.8, 4) is 11.5 Å². The van der Waals surface area contributed by atoms with Gasteiger partial charge >= 0.3 is 0 Å². The molecule has 0 saturated carbocycles. The van der Waals surface area contributed by atoms with Gasteiger partial charge in [-0.25, -0.2) is 0 Å². The molecule has 0 unspecified atom stereocenters. The molecule has 3 aromatic rings. The number of carbonyl (C=O) groups excluding carboxylic acids is 1. The van der Waals surface area contributed by atoms with Gasteiger partial charge in [0.15, 0.2) is 0 Å². The van der Waals surface area contributed by atoms with Gasteiger partial charge in [0.1, 0.15) is 11.5 Å². The second-order valence-corrected chi connectivity index (χ2v) is 4.97. The fraction of sp³-hybridized carbons (Fsp3) is 0. The van der Waals surface area contributed by atoms with Crippen LogP contribution in [0, 0.1) is 6.54 Å². The normalized spacial score (nSPS) is 10.1. The van der Waals surface area contributed by atoms with Gasteiger partial charge in [-0.05, 0) is 35.9 Å². The molecule has 3 nitrogen and oxygen atoms in total. The summed E-state index contributed by atoms with van der Waals surface area (Å²) in [6.07, 6.45) is 0. The summed E-state index contributed by atoms with van der Waals surface area (Å²) < 4.78 is 5.74. The summed E-state index contributed by atoms with van der Waals surface area (Å²) in [7, 11) is 0. The zero-order valence-corrected chi connectivity index (χ0v) is 12.5. The Hall–Kier alpha value is -3.07. The maximum Gasteiger partial charge on any atom is 0.251 e. The van der Waals surface area contributed by atoms with Crippen LogP contribution >= 0.6 is 0 Å². The number of benzene rings is 3. The molecule has 1 N–H and O–H groups in total. The highest BCUT2D eigenvalue weighted by molar-refractivity contribution is 5.95. The van der Waals surface area contributed by atoms with Crippen molar-refractivity contribution in [1.29, 1.82) is 0 Å². The molecule has 0 heterocycles. The number of carbonyl (C=O) groups is 1. The Bertz CT molecular complexity index is 770. The van der Waals surface area contributed by atoms with E-state index in [1.54, 1.807) is 24.7 Å². The molecule has 113 valence electrons. The van der Waals surface area contributed by atoms with Gasteiger partial charge in [-0.2, -0.15) is 0 Å². The molecule has 0 saturated heterocycles. The van der Waals surface area contributed by atoms with E-state index < -0.39 is 0 Å². The number of para-hydroxylation sites is 1. The molecular weight excluding hydrogens is 286 g/mol. The topological polar surface area (TPSA) is 38.3 Å². The molecule has 0 fully saturated rings. The third kappa shape index (κ3) is 4.20. The molecule has 0 spiro atoms. The summed E-state index contributed by atoms with van der Waals surface area (Å²) in [5.74, 6) is 1.19. The van der Waals surface area contributed by atoms with Crippen LogP contribution < -0.4 is 10.1 Å². The highest BCUT2D eigenvalue weighted by atomic mass is 16.5. The Morgan fingerprint density at radius 2 is 1.43 bits per heavy atom. The molecule has 0 bridgehead atoms. The number of hydrogen-bond acceptors (Lipinski definition) is 2. The molecule has 3 rings (SSSR count). The van der Waals surface area contributed by atoms with E-state index in [0.29, 0.717) is 11.3 Å². The van der Waals surface area contributed by atoms with Crippen molar-refractivity contribution in [2.45, 2.75) is 0 Å². The number of amides is 1. The van der Waals surface area contributed by atoms with Crippen LogP contribution in [0.3, 0.4) is 0 Å². The SMILES string of the molecule is O=C(N[CH]c1ccccc1)c1cccc(Oc2ccccc2)c1. The van der Waals surface area contributed by atoms with E-state index >= 15 is 0 Å². The summed E-state index contributed by atoms with van der Waals surface area (Å²) in [6.45, 7) is 1.69. The fourth-order valence-electron chi connectivity index (χ4n) is 2.11. The summed E-state index contributed by atoms with van der Waals surface area (Å²) in [4.78, 5) is 12.2. The van der Waals surface area contributed by atoms with Gasteiger partial charge < -0.3 is 10.1 Å². The zero-order valence-electron chi connectivity index (χ0n) is 12.5. The van der Waals surface area contributed by atoms with E-state index in [0.717, 1.165) is 11.3 Å². The Balaban J connectivity index is 1.65. The molecule has 0 aromatic heterocycles. The summed E-state index contributed by atoms with van der Waals surface area (Å²) in [5.41, 5.74) is 1.49. The Morgan fingerprint density at radius 1 is 0.783 bits per heavy atom. The molecular formula is C20H16NO2. The highest BCUT2D eigenvalue weighted by Gasteiger charge is 2.07. The van der Waals surface area contributed by atoms with E-state index in [1.165, 1.54) is 0 Å². The van der Waals surface area contributed by atoms with Gasteiger partial charge in [0, 0.05) is 5.56 Å². The second-order valence-electron chi connectivity index (χ2n) is 4.97. The van der Waals surface area contributed by atoms with Crippen molar-refractivity contribution < 1.29 is 9.53 Å². The van der Waals surface area contributed by atoms with Gasteiger partial charge in [0.2, 0.25) is 0 Å². The first-order chi connectivity index (χ1) is 11.3. The number of nitrogens with one attached hydrogen (secondary N) is 1. The average molecular weight is 302 g/mol. The standard InChI is InChI=1S/C20H16NO2/c22-20(21-15-16-8-3-1-4-9-16)17-10-7-13-19(14-17)23-18-11-5-2-6-12-18/h1-15H,(H,21,22). The Kier molecular flexibility index (Phi) is 4.69. The largest absolute Gasteiger partial charge is 0.457 e. The van der Waals surface area contributed by atoms with Gasteiger partial charge in [-0.1, -0.05) is 54.6 Å². The number of hydrogen-bond donors (Lipinski definition) is 1. The Labute approximate surface area is 135 Å². The van der Waals surface area contributed by atoms with E-state index in [9.17, 15) is 4.79 Å². The highest BCUT2D eigenvalue weighted by Crippen LogP contribution is 2.21. The van der Waals surface area contributed by atoms with Crippen LogP contribution in [0.4, 0.5) is 0 Å². The van der Waals surface area contributed by atoms with Crippen molar-refractivity contribution in [2.75, 3.05) is 0 Å². The first-order valence-corrected chi connectivity index (χ1v) is 7.33. The van der Waals surface area contributed by atoms with Gasteiger partial charge in [-0.15, -0.1) is 0 Å². The maximum absolute atomic E-state index is 12.2. The van der Waals surface area contributed by atoms with Crippen LogP contribution in [-0.4, -0.2) is 5.91 Å². The van der Waals surface area contributed by atoms with Crippen LogP contribution in [0.2, 0.25) is 0 Å². The predicted molar refractivity (Wildman–Crippen MR) is 90.3 cm³/mol. The molecule has 3 aromatic carbocycles.